The standard InChI is InChI=1S/C10H10ClN3O2S/c1-7-12-10(13-14(7)2)8-4-3-5-9(6-8)17(11,15)16/h3-6H,1-2H3. The van der Waals surface area contributed by atoms with Crippen LogP contribution < -0.4 is 0 Å². The van der Waals surface area contributed by atoms with Crippen molar-refractivity contribution in [2.45, 2.75) is 11.8 Å². The Morgan fingerprint density at radius 1 is 1.35 bits per heavy atom. The van der Waals surface area contributed by atoms with E-state index in [1.54, 1.807) is 23.9 Å². The van der Waals surface area contributed by atoms with E-state index in [1.807, 2.05) is 6.92 Å². The quantitative estimate of drug-likeness (QED) is 0.780. The van der Waals surface area contributed by atoms with E-state index < -0.39 is 9.05 Å². The molecule has 0 fully saturated rings. The SMILES string of the molecule is Cc1nc(-c2cccc(S(=O)(=O)Cl)c2)nn1C. The normalized spacial score (nSPS) is 11.7. The summed E-state index contributed by atoms with van der Waals surface area (Å²) >= 11 is 0. The third kappa shape index (κ3) is 2.48. The summed E-state index contributed by atoms with van der Waals surface area (Å²) in [6.45, 7) is 1.82. The summed E-state index contributed by atoms with van der Waals surface area (Å²) in [6, 6.07) is 6.23. The average molecular weight is 272 g/mol. The number of hydrogen-bond acceptors (Lipinski definition) is 4. The van der Waals surface area contributed by atoms with Crippen LogP contribution in [0.25, 0.3) is 11.4 Å². The molecule has 0 amide bonds. The lowest BCUT2D eigenvalue weighted by molar-refractivity contribution is 0.609. The van der Waals surface area contributed by atoms with E-state index in [2.05, 4.69) is 10.1 Å². The fourth-order valence-electron chi connectivity index (χ4n) is 1.37. The van der Waals surface area contributed by atoms with Crippen molar-refractivity contribution < 1.29 is 8.42 Å². The molecule has 90 valence electrons. The fourth-order valence-corrected chi connectivity index (χ4v) is 2.17. The summed E-state index contributed by atoms with van der Waals surface area (Å²) in [4.78, 5) is 4.26. The molecule has 0 aliphatic rings. The Labute approximate surface area is 103 Å². The van der Waals surface area contributed by atoms with Crippen LogP contribution in [0.2, 0.25) is 0 Å². The summed E-state index contributed by atoms with van der Waals surface area (Å²) in [6.07, 6.45) is 0. The van der Waals surface area contributed by atoms with Gasteiger partial charge in [-0.2, -0.15) is 5.10 Å². The van der Waals surface area contributed by atoms with Crippen molar-refractivity contribution in [3.8, 4) is 11.4 Å². The Bertz CT molecular complexity index is 644. The molecule has 0 saturated heterocycles. The lowest BCUT2D eigenvalue weighted by atomic mass is 10.2. The van der Waals surface area contributed by atoms with Gasteiger partial charge in [-0.15, -0.1) is 0 Å². The van der Waals surface area contributed by atoms with Gasteiger partial charge in [0, 0.05) is 23.3 Å². The second-order valence-corrected chi connectivity index (χ2v) is 6.14. The van der Waals surface area contributed by atoms with Crippen molar-refractivity contribution in [1.82, 2.24) is 14.8 Å². The predicted octanol–water partition coefficient (Wildman–Crippen LogP) is 1.72. The maximum absolute atomic E-state index is 11.2. The van der Waals surface area contributed by atoms with Crippen LogP contribution in [0.1, 0.15) is 5.82 Å². The van der Waals surface area contributed by atoms with Gasteiger partial charge in [-0.3, -0.25) is 4.68 Å². The molecule has 2 rings (SSSR count). The topological polar surface area (TPSA) is 64.8 Å². The van der Waals surface area contributed by atoms with Crippen LogP contribution >= 0.6 is 10.7 Å². The molecule has 0 saturated carbocycles. The molecule has 1 aromatic heterocycles. The first-order valence-electron chi connectivity index (χ1n) is 4.80. The Hall–Kier alpha value is -1.40. The Balaban J connectivity index is 2.54. The van der Waals surface area contributed by atoms with Gasteiger partial charge >= 0.3 is 0 Å². The van der Waals surface area contributed by atoms with Crippen molar-refractivity contribution in [3.63, 3.8) is 0 Å². The van der Waals surface area contributed by atoms with Crippen LogP contribution in [0, 0.1) is 6.92 Å². The van der Waals surface area contributed by atoms with Gasteiger partial charge in [0.25, 0.3) is 9.05 Å². The first kappa shape index (κ1) is 12.1. The summed E-state index contributed by atoms with van der Waals surface area (Å²) in [5.41, 5.74) is 0.621. The number of rotatable bonds is 2. The maximum Gasteiger partial charge on any atom is 0.261 e. The largest absolute Gasteiger partial charge is 0.261 e. The number of benzene rings is 1. The summed E-state index contributed by atoms with van der Waals surface area (Å²) in [7, 11) is 3.33. The summed E-state index contributed by atoms with van der Waals surface area (Å²) in [5.74, 6) is 1.23. The molecule has 17 heavy (non-hydrogen) atoms. The van der Waals surface area contributed by atoms with E-state index >= 15 is 0 Å². The zero-order chi connectivity index (χ0) is 12.6. The lowest BCUT2D eigenvalue weighted by Crippen LogP contribution is -1.93. The molecule has 0 aliphatic heterocycles. The van der Waals surface area contributed by atoms with E-state index in [0.717, 1.165) is 5.82 Å². The lowest BCUT2D eigenvalue weighted by Gasteiger charge is -1.98. The molecule has 1 aromatic carbocycles. The van der Waals surface area contributed by atoms with Crippen LogP contribution in [0.4, 0.5) is 0 Å². The highest BCUT2D eigenvalue weighted by Crippen LogP contribution is 2.21. The second-order valence-electron chi connectivity index (χ2n) is 3.57. The minimum atomic E-state index is -3.73. The number of aromatic nitrogens is 3. The minimum Gasteiger partial charge on any atom is -0.253 e. The van der Waals surface area contributed by atoms with Gasteiger partial charge in [0.2, 0.25) is 0 Å². The van der Waals surface area contributed by atoms with Crippen molar-refractivity contribution in [3.05, 3.63) is 30.1 Å². The highest BCUT2D eigenvalue weighted by Gasteiger charge is 2.13. The maximum atomic E-state index is 11.2. The van der Waals surface area contributed by atoms with Crippen LogP contribution in [0.5, 0.6) is 0 Å². The highest BCUT2D eigenvalue weighted by atomic mass is 35.7. The summed E-state index contributed by atoms with van der Waals surface area (Å²) < 4.78 is 24.0. The van der Waals surface area contributed by atoms with E-state index in [0.29, 0.717) is 11.4 Å². The zero-order valence-corrected chi connectivity index (χ0v) is 10.8. The van der Waals surface area contributed by atoms with Gasteiger partial charge in [0.15, 0.2) is 5.82 Å². The molecule has 0 bridgehead atoms. The van der Waals surface area contributed by atoms with Crippen LogP contribution in [0.15, 0.2) is 29.2 Å². The first-order chi connectivity index (χ1) is 7.88. The molecule has 0 aliphatic carbocycles. The van der Waals surface area contributed by atoms with E-state index in [-0.39, 0.29) is 4.90 Å². The van der Waals surface area contributed by atoms with Gasteiger partial charge in [-0.1, -0.05) is 12.1 Å². The molecule has 1 heterocycles. The monoisotopic (exact) mass is 271 g/mol. The first-order valence-corrected chi connectivity index (χ1v) is 7.11. The van der Waals surface area contributed by atoms with Crippen molar-refractivity contribution >= 4 is 19.7 Å². The third-order valence-electron chi connectivity index (χ3n) is 2.35. The minimum absolute atomic E-state index is 0.0433. The van der Waals surface area contributed by atoms with Gasteiger partial charge in [0.05, 0.1) is 4.90 Å². The molecule has 5 nitrogen and oxygen atoms in total. The Morgan fingerprint density at radius 2 is 2.06 bits per heavy atom. The highest BCUT2D eigenvalue weighted by molar-refractivity contribution is 8.13. The number of aryl methyl sites for hydroxylation is 2. The van der Waals surface area contributed by atoms with Gasteiger partial charge in [-0.05, 0) is 19.1 Å². The van der Waals surface area contributed by atoms with Crippen molar-refractivity contribution in [2.24, 2.45) is 7.05 Å². The molecule has 7 heteroatoms. The third-order valence-corrected chi connectivity index (χ3v) is 3.71. The molecule has 0 N–H and O–H groups in total. The Kier molecular flexibility index (Phi) is 2.92. The van der Waals surface area contributed by atoms with Gasteiger partial charge < -0.3 is 0 Å². The van der Waals surface area contributed by atoms with Crippen LogP contribution in [0.3, 0.4) is 0 Å². The number of nitrogens with zero attached hydrogens (tertiary/aromatic N) is 3. The van der Waals surface area contributed by atoms with Gasteiger partial charge in [0.1, 0.15) is 5.82 Å². The molecular weight excluding hydrogens is 262 g/mol. The van der Waals surface area contributed by atoms with Crippen LogP contribution in [-0.4, -0.2) is 23.2 Å². The van der Waals surface area contributed by atoms with Crippen molar-refractivity contribution in [1.29, 1.82) is 0 Å². The average Bonchev–Trinajstić information content (AvgIpc) is 2.58. The number of halogens is 1. The molecule has 2 aromatic rings. The van der Waals surface area contributed by atoms with E-state index in [4.69, 9.17) is 10.7 Å². The van der Waals surface area contributed by atoms with Crippen molar-refractivity contribution in [2.75, 3.05) is 0 Å². The molecule has 0 atom stereocenters. The zero-order valence-electron chi connectivity index (χ0n) is 9.25. The molecular formula is C10H10ClN3O2S. The van der Waals surface area contributed by atoms with Crippen LogP contribution in [-0.2, 0) is 16.1 Å². The molecule has 0 radical (unpaired) electrons. The van der Waals surface area contributed by atoms with Gasteiger partial charge in [-0.25, -0.2) is 13.4 Å². The smallest absolute Gasteiger partial charge is 0.253 e. The fraction of sp³-hybridized carbons (Fsp3) is 0.200. The Morgan fingerprint density at radius 3 is 2.59 bits per heavy atom. The molecule has 0 spiro atoms. The molecule has 0 unspecified atom stereocenters. The van der Waals surface area contributed by atoms with E-state index in [1.165, 1.54) is 12.1 Å². The van der Waals surface area contributed by atoms with E-state index in [9.17, 15) is 8.42 Å². The predicted molar refractivity (Wildman–Crippen MR) is 64.2 cm³/mol. The number of hydrogen-bond donors (Lipinski definition) is 0. The summed E-state index contributed by atoms with van der Waals surface area (Å²) in [5, 5.41) is 4.17. The second kappa shape index (κ2) is 4.12.